The standard InChI is InChI=1S/C13H22O4/c1-12(2)6-16-13(17-7-12)4-3-8-9(13)5-10(14)11(8)15/h8-11,14-15H,3-7H2,1-2H3/t8-,9-,10+,11+/m0/s1. The monoisotopic (exact) mass is 242 g/mol. The summed E-state index contributed by atoms with van der Waals surface area (Å²) in [5, 5.41) is 19.7. The van der Waals surface area contributed by atoms with E-state index in [4.69, 9.17) is 9.47 Å². The summed E-state index contributed by atoms with van der Waals surface area (Å²) < 4.78 is 12.0. The molecule has 4 atom stereocenters. The molecule has 1 aliphatic heterocycles. The molecule has 1 heterocycles. The van der Waals surface area contributed by atoms with E-state index in [1.54, 1.807) is 0 Å². The Balaban J connectivity index is 1.78. The normalized spacial score (nSPS) is 47.3. The van der Waals surface area contributed by atoms with Gasteiger partial charge in [0.2, 0.25) is 0 Å². The largest absolute Gasteiger partial charge is 0.390 e. The third-order valence-electron chi connectivity index (χ3n) is 4.65. The highest BCUT2D eigenvalue weighted by Gasteiger charge is 2.59. The Morgan fingerprint density at radius 1 is 1.12 bits per heavy atom. The predicted octanol–water partition coefficient (Wildman–Crippen LogP) is 0.907. The van der Waals surface area contributed by atoms with Crippen molar-refractivity contribution in [2.75, 3.05) is 13.2 Å². The fraction of sp³-hybridized carbons (Fsp3) is 1.00. The van der Waals surface area contributed by atoms with Crippen molar-refractivity contribution in [3.8, 4) is 0 Å². The summed E-state index contributed by atoms with van der Waals surface area (Å²) in [5.41, 5.74) is 0.0686. The maximum Gasteiger partial charge on any atom is 0.171 e. The molecule has 1 saturated heterocycles. The summed E-state index contributed by atoms with van der Waals surface area (Å²) in [6, 6.07) is 0. The molecule has 3 aliphatic rings. The lowest BCUT2D eigenvalue weighted by molar-refractivity contribution is -0.315. The van der Waals surface area contributed by atoms with Crippen molar-refractivity contribution in [1.29, 1.82) is 0 Å². The third kappa shape index (κ3) is 1.73. The summed E-state index contributed by atoms with van der Waals surface area (Å²) in [5.74, 6) is -0.228. The Bertz CT molecular complexity index is 305. The van der Waals surface area contributed by atoms with Crippen LogP contribution in [-0.2, 0) is 9.47 Å². The minimum atomic E-state index is -0.607. The molecular weight excluding hydrogens is 220 g/mol. The van der Waals surface area contributed by atoms with E-state index in [2.05, 4.69) is 13.8 Å². The zero-order valence-electron chi connectivity index (χ0n) is 10.6. The average Bonchev–Trinajstić information content (AvgIpc) is 2.75. The van der Waals surface area contributed by atoms with Crippen LogP contribution >= 0.6 is 0 Å². The molecule has 0 aromatic heterocycles. The minimum Gasteiger partial charge on any atom is -0.390 e. The number of fused-ring (bicyclic) bond motifs is 2. The Labute approximate surface area is 102 Å². The van der Waals surface area contributed by atoms with Crippen LogP contribution < -0.4 is 0 Å². The molecule has 1 spiro atoms. The first-order valence-electron chi connectivity index (χ1n) is 6.58. The first-order chi connectivity index (χ1) is 7.94. The number of ether oxygens (including phenoxy) is 2. The highest BCUT2D eigenvalue weighted by molar-refractivity contribution is 5.04. The van der Waals surface area contributed by atoms with Crippen LogP contribution in [0.15, 0.2) is 0 Å². The molecule has 17 heavy (non-hydrogen) atoms. The van der Waals surface area contributed by atoms with E-state index in [-0.39, 0.29) is 17.3 Å². The predicted molar refractivity (Wildman–Crippen MR) is 61.3 cm³/mol. The molecule has 3 rings (SSSR count). The second kappa shape index (κ2) is 3.67. The van der Waals surface area contributed by atoms with Gasteiger partial charge >= 0.3 is 0 Å². The van der Waals surface area contributed by atoms with Crippen molar-refractivity contribution in [2.24, 2.45) is 17.3 Å². The van der Waals surface area contributed by atoms with Crippen LogP contribution in [0, 0.1) is 17.3 Å². The smallest absolute Gasteiger partial charge is 0.171 e. The molecule has 0 amide bonds. The Hall–Kier alpha value is -0.160. The van der Waals surface area contributed by atoms with Gasteiger partial charge in [0.05, 0.1) is 25.4 Å². The van der Waals surface area contributed by atoms with Crippen LogP contribution in [0.2, 0.25) is 0 Å². The molecule has 4 heteroatoms. The van der Waals surface area contributed by atoms with Crippen LogP contribution in [0.3, 0.4) is 0 Å². The Morgan fingerprint density at radius 3 is 2.41 bits per heavy atom. The second-order valence-electron chi connectivity index (χ2n) is 6.66. The number of hydrogen-bond acceptors (Lipinski definition) is 4. The minimum absolute atomic E-state index is 0.0686. The SMILES string of the molecule is CC1(C)COC2(CC[C@@H]3[C@@H](O)[C@H](O)C[C@@H]32)OC1. The van der Waals surface area contributed by atoms with Gasteiger partial charge in [-0.1, -0.05) is 13.8 Å². The van der Waals surface area contributed by atoms with Gasteiger partial charge in [-0.2, -0.15) is 0 Å². The zero-order valence-corrected chi connectivity index (χ0v) is 10.6. The summed E-state index contributed by atoms with van der Waals surface area (Å²) in [6.45, 7) is 5.65. The van der Waals surface area contributed by atoms with Gasteiger partial charge in [-0.15, -0.1) is 0 Å². The van der Waals surface area contributed by atoms with Gasteiger partial charge in [-0.25, -0.2) is 0 Å². The van der Waals surface area contributed by atoms with Gasteiger partial charge in [-0.05, 0) is 18.8 Å². The fourth-order valence-electron chi connectivity index (χ4n) is 3.61. The van der Waals surface area contributed by atoms with Crippen LogP contribution in [0.4, 0.5) is 0 Å². The van der Waals surface area contributed by atoms with E-state index in [0.717, 1.165) is 12.8 Å². The number of rotatable bonds is 0. The van der Waals surface area contributed by atoms with Crippen molar-refractivity contribution in [2.45, 2.75) is 51.1 Å². The molecule has 2 aliphatic carbocycles. The molecule has 0 aromatic rings. The molecular formula is C13H22O4. The first-order valence-corrected chi connectivity index (χ1v) is 6.58. The summed E-state index contributed by atoms with van der Waals surface area (Å²) in [4.78, 5) is 0. The molecule has 0 aromatic carbocycles. The van der Waals surface area contributed by atoms with Crippen molar-refractivity contribution in [3.63, 3.8) is 0 Å². The van der Waals surface area contributed by atoms with Gasteiger partial charge in [0.1, 0.15) is 0 Å². The molecule has 0 bridgehead atoms. The van der Waals surface area contributed by atoms with Crippen molar-refractivity contribution >= 4 is 0 Å². The Kier molecular flexibility index (Phi) is 2.57. The molecule has 2 N–H and O–H groups in total. The van der Waals surface area contributed by atoms with Gasteiger partial charge in [0.15, 0.2) is 5.79 Å². The maximum absolute atomic E-state index is 9.92. The lowest BCUT2D eigenvalue weighted by Gasteiger charge is -2.44. The van der Waals surface area contributed by atoms with E-state index in [1.807, 2.05) is 0 Å². The van der Waals surface area contributed by atoms with Gasteiger partial charge in [0, 0.05) is 17.8 Å². The van der Waals surface area contributed by atoms with E-state index in [0.29, 0.717) is 19.6 Å². The highest BCUT2D eigenvalue weighted by Crippen LogP contribution is 2.54. The number of aliphatic hydroxyl groups excluding tert-OH is 2. The van der Waals surface area contributed by atoms with Crippen LogP contribution in [0.5, 0.6) is 0 Å². The quantitative estimate of drug-likeness (QED) is 0.663. The topological polar surface area (TPSA) is 58.9 Å². The molecule has 2 saturated carbocycles. The number of hydrogen-bond donors (Lipinski definition) is 2. The number of aliphatic hydroxyl groups is 2. The van der Waals surface area contributed by atoms with Crippen LogP contribution in [0.25, 0.3) is 0 Å². The first kappa shape index (κ1) is 11.9. The lowest BCUT2D eigenvalue weighted by Crippen LogP contribution is -2.50. The zero-order chi connectivity index (χ0) is 12.3. The molecule has 98 valence electrons. The van der Waals surface area contributed by atoms with Gasteiger partial charge in [-0.3, -0.25) is 0 Å². The van der Waals surface area contributed by atoms with Crippen LogP contribution in [0.1, 0.15) is 33.1 Å². The average molecular weight is 242 g/mol. The fourth-order valence-corrected chi connectivity index (χ4v) is 3.61. The van der Waals surface area contributed by atoms with Crippen LogP contribution in [-0.4, -0.2) is 41.4 Å². The van der Waals surface area contributed by atoms with E-state index >= 15 is 0 Å². The molecule has 0 unspecified atom stereocenters. The van der Waals surface area contributed by atoms with Crippen molar-refractivity contribution in [3.05, 3.63) is 0 Å². The molecule has 3 fully saturated rings. The third-order valence-corrected chi connectivity index (χ3v) is 4.65. The van der Waals surface area contributed by atoms with Gasteiger partial charge in [0.25, 0.3) is 0 Å². The van der Waals surface area contributed by atoms with Crippen molar-refractivity contribution < 1.29 is 19.7 Å². The maximum atomic E-state index is 9.92. The summed E-state index contributed by atoms with van der Waals surface area (Å²) >= 11 is 0. The van der Waals surface area contributed by atoms with E-state index in [1.165, 1.54) is 0 Å². The summed E-state index contributed by atoms with van der Waals surface area (Å²) in [7, 11) is 0. The van der Waals surface area contributed by atoms with E-state index < -0.39 is 18.0 Å². The van der Waals surface area contributed by atoms with Crippen molar-refractivity contribution in [1.82, 2.24) is 0 Å². The summed E-state index contributed by atoms with van der Waals surface area (Å²) in [6.07, 6.45) is 1.14. The van der Waals surface area contributed by atoms with E-state index in [9.17, 15) is 10.2 Å². The van der Waals surface area contributed by atoms with Gasteiger partial charge < -0.3 is 19.7 Å². The second-order valence-corrected chi connectivity index (χ2v) is 6.66. The molecule has 4 nitrogen and oxygen atoms in total. The highest BCUT2D eigenvalue weighted by atomic mass is 16.7. The molecule has 0 radical (unpaired) electrons. The lowest BCUT2D eigenvalue weighted by atomic mass is 9.91. The Morgan fingerprint density at radius 2 is 1.76 bits per heavy atom.